The van der Waals surface area contributed by atoms with Gasteiger partial charge in [-0.25, -0.2) is 4.79 Å². The third-order valence-electron chi connectivity index (χ3n) is 5.25. The number of hydrogen-bond acceptors (Lipinski definition) is 3. The van der Waals surface area contributed by atoms with Gasteiger partial charge in [0.05, 0.1) is 5.41 Å². The number of likely N-dealkylation sites (tertiary alicyclic amines) is 1. The van der Waals surface area contributed by atoms with Gasteiger partial charge >= 0.3 is 12.0 Å². The lowest BCUT2D eigenvalue weighted by molar-refractivity contribution is -0.149. The number of nitrogens with zero attached hydrogens (tertiary/aromatic N) is 2. The number of aliphatic carboxylic acids is 1. The SMILES string of the molecule is CCCCN(C)CCNC(=O)N1C[C@@H]2CCC[C@@]2(C(=O)O)C1. The first-order valence-corrected chi connectivity index (χ1v) is 8.44. The molecule has 2 aliphatic rings. The lowest BCUT2D eigenvalue weighted by Crippen LogP contribution is -2.43. The molecule has 1 saturated carbocycles. The molecular formula is C16H29N3O3. The number of carboxylic acids is 1. The van der Waals surface area contributed by atoms with Gasteiger partial charge in [-0.05, 0) is 38.8 Å². The van der Waals surface area contributed by atoms with Crippen molar-refractivity contribution in [3.05, 3.63) is 0 Å². The molecule has 0 aromatic heterocycles. The molecule has 2 rings (SSSR count). The predicted molar refractivity (Wildman–Crippen MR) is 84.8 cm³/mol. The van der Waals surface area contributed by atoms with E-state index in [1.807, 2.05) is 0 Å². The summed E-state index contributed by atoms with van der Waals surface area (Å²) in [6, 6.07) is -0.112. The molecule has 1 aliphatic carbocycles. The Labute approximate surface area is 132 Å². The maximum Gasteiger partial charge on any atom is 0.317 e. The van der Waals surface area contributed by atoms with E-state index >= 15 is 0 Å². The predicted octanol–water partition coefficient (Wildman–Crippen LogP) is 1.61. The molecule has 0 aromatic rings. The zero-order chi connectivity index (χ0) is 16.2. The van der Waals surface area contributed by atoms with E-state index in [9.17, 15) is 14.7 Å². The molecule has 2 fully saturated rings. The lowest BCUT2D eigenvalue weighted by atomic mass is 9.81. The first-order valence-electron chi connectivity index (χ1n) is 8.44. The maximum absolute atomic E-state index is 12.2. The topological polar surface area (TPSA) is 72.9 Å². The van der Waals surface area contributed by atoms with E-state index in [1.165, 1.54) is 12.8 Å². The molecule has 22 heavy (non-hydrogen) atoms. The molecule has 2 atom stereocenters. The molecule has 1 heterocycles. The molecule has 1 aliphatic heterocycles. The summed E-state index contributed by atoms with van der Waals surface area (Å²) < 4.78 is 0. The van der Waals surface area contributed by atoms with Crippen LogP contribution in [-0.4, -0.2) is 66.7 Å². The molecule has 0 bridgehead atoms. The van der Waals surface area contributed by atoms with E-state index in [-0.39, 0.29) is 11.9 Å². The van der Waals surface area contributed by atoms with Gasteiger partial charge < -0.3 is 20.2 Å². The minimum Gasteiger partial charge on any atom is -0.481 e. The van der Waals surface area contributed by atoms with Gasteiger partial charge in [-0.1, -0.05) is 19.8 Å². The Balaban J connectivity index is 1.76. The van der Waals surface area contributed by atoms with Crippen LogP contribution in [0, 0.1) is 11.3 Å². The third kappa shape index (κ3) is 3.54. The summed E-state index contributed by atoms with van der Waals surface area (Å²) >= 11 is 0. The average Bonchev–Trinajstić information content (AvgIpc) is 3.02. The molecule has 2 N–H and O–H groups in total. The normalized spacial score (nSPS) is 27.2. The number of amides is 2. The van der Waals surface area contributed by atoms with Crippen LogP contribution >= 0.6 is 0 Å². The van der Waals surface area contributed by atoms with Crippen molar-refractivity contribution in [1.82, 2.24) is 15.1 Å². The summed E-state index contributed by atoms with van der Waals surface area (Å²) in [4.78, 5) is 27.8. The van der Waals surface area contributed by atoms with Crippen molar-refractivity contribution in [2.45, 2.75) is 39.0 Å². The average molecular weight is 311 g/mol. The standard InChI is InChI=1S/C16H29N3O3/c1-3-4-9-18(2)10-8-17-15(22)19-11-13-6-5-7-16(13,12-19)14(20)21/h13H,3-12H2,1-2H3,(H,17,22)(H,20,21)/t13-,16+/m0/s1. The van der Waals surface area contributed by atoms with Crippen molar-refractivity contribution in [3.63, 3.8) is 0 Å². The van der Waals surface area contributed by atoms with Gasteiger partial charge in [-0.15, -0.1) is 0 Å². The highest BCUT2D eigenvalue weighted by molar-refractivity contribution is 5.80. The van der Waals surface area contributed by atoms with Crippen molar-refractivity contribution < 1.29 is 14.7 Å². The van der Waals surface area contributed by atoms with Gasteiger partial charge in [0.25, 0.3) is 0 Å². The van der Waals surface area contributed by atoms with Crippen LogP contribution in [0.4, 0.5) is 4.79 Å². The minimum atomic E-state index is -0.732. The molecule has 6 nitrogen and oxygen atoms in total. The number of carbonyl (C=O) groups is 2. The van der Waals surface area contributed by atoms with Crippen LogP contribution in [0.1, 0.15) is 39.0 Å². The van der Waals surface area contributed by atoms with Crippen LogP contribution in [0.3, 0.4) is 0 Å². The minimum absolute atomic E-state index is 0.112. The van der Waals surface area contributed by atoms with Crippen molar-refractivity contribution in [3.8, 4) is 0 Å². The highest BCUT2D eigenvalue weighted by Crippen LogP contribution is 2.48. The number of fused-ring (bicyclic) bond motifs is 1. The second-order valence-corrected chi connectivity index (χ2v) is 6.82. The molecule has 126 valence electrons. The zero-order valence-corrected chi connectivity index (χ0v) is 13.8. The molecule has 0 aromatic carbocycles. The first kappa shape index (κ1) is 17.1. The summed E-state index contributed by atoms with van der Waals surface area (Å²) in [7, 11) is 2.06. The van der Waals surface area contributed by atoms with Crippen molar-refractivity contribution in [2.75, 3.05) is 39.8 Å². The van der Waals surface area contributed by atoms with Gasteiger partial charge in [-0.2, -0.15) is 0 Å². The molecule has 0 spiro atoms. The van der Waals surface area contributed by atoms with E-state index in [0.717, 1.165) is 25.9 Å². The van der Waals surface area contributed by atoms with E-state index < -0.39 is 11.4 Å². The summed E-state index contributed by atoms with van der Waals surface area (Å²) in [6.07, 6.45) is 4.93. The van der Waals surface area contributed by atoms with E-state index in [4.69, 9.17) is 0 Å². The maximum atomic E-state index is 12.2. The number of carboxylic acid groups (broad SMARTS) is 1. The molecular weight excluding hydrogens is 282 g/mol. The smallest absolute Gasteiger partial charge is 0.317 e. The summed E-state index contributed by atoms with van der Waals surface area (Å²) in [5.41, 5.74) is -0.685. The number of rotatable bonds is 7. The number of carbonyl (C=O) groups excluding carboxylic acids is 1. The first-order chi connectivity index (χ1) is 10.5. The number of unbranched alkanes of at least 4 members (excludes halogenated alkanes) is 1. The van der Waals surface area contributed by atoms with Gasteiger partial charge in [0.2, 0.25) is 0 Å². The van der Waals surface area contributed by atoms with Crippen molar-refractivity contribution >= 4 is 12.0 Å². The fourth-order valence-electron chi connectivity index (χ4n) is 3.80. The zero-order valence-electron chi connectivity index (χ0n) is 13.8. The van der Waals surface area contributed by atoms with E-state index in [1.54, 1.807) is 4.90 Å². The Bertz CT molecular complexity index is 415. The largest absolute Gasteiger partial charge is 0.481 e. The number of hydrogen-bond donors (Lipinski definition) is 2. The molecule has 1 saturated heterocycles. The molecule has 0 unspecified atom stereocenters. The van der Waals surface area contributed by atoms with Crippen molar-refractivity contribution in [2.24, 2.45) is 11.3 Å². The van der Waals surface area contributed by atoms with Crippen LogP contribution in [0.15, 0.2) is 0 Å². The lowest BCUT2D eigenvalue weighted by Gasteiger charge is -2.23. The van der Waals surface area contributed by atoms with Gasteiger partial charge in [-0.3, -0.25) is 4.79 Å². The quantitative estimate of drug-likeness (QED) is 0.749. The van der Waals surface area contributed by atoms with E-state index in [0.29, 0.717) is 26.1 Å². The Morgan fingerprint density at radius 3 is 2.82 bits per heavy atom. The Morgan fingerprint density at radius 2 is 2.18 bits per heavy atom. The van der Waals surface area contributed by atoms with Crippen LogP contribution in [0.25, 0.3) is 0 Å². The Morgan fingerprint density at radius 1 is 1.41 bits per heavy atom. The summed E-state index contributed by atoms with van der Waals surface area (Å²) in [5.74, 6) is -0.604. The van der Waals surface area contributed by atoms with Crippen LogP contribution in [-0.2, 0) is 4.79 Å². The Kier molecular flexibility index (Phi) is 5.67. The summed E-state index contributed by atoms with van der Waals surface area (Å²) in [5, 5.41) is 12.5. The third-order valence-corrected chi connectivity index (χ3v) is 5.25. The van der Waals surface area contributed by atoms with Gasteiger partial charge in [0, 0.05) is 26.2 Å². The van der Waals surface area contributed by atoms with E-state index in [2.05, 4.69) is 24.2 Å². The second-order valence-electron chi connectivity index (χ2n) is 6.82. The molecule has 6 heteroatoms. The number of urea groups is 1. The highest BCUT2D eigenvalue weighted by atomic mass is 16.4. The Hall–Kier alpha value is -1.30. The second kappa shape index (κ2) is 7.31. The fraction of sp³-hybridized carbons (Fsp3) is 0.875. The monoisotopic (exact) mass is 311 g/mol. The van der Waals surface area contributed by atoms with Gasteiger partial charge in [0.1, 0.15) is 0 Å². The van der Waals surface area contributed by atoms with Crippen molar-refractivity contribution in [1.29, 1.82) is 0 Å². The molecule has 2 amide bonds. The number of nitrogens with one attached hydrogen (secondary N) is 1. The van der Waals surface area contributed by atoms with Crippen LogP contribution < -0.4 is 5.32 Å². The molecule has 0 radical (unpaired) electrons. The number of likely N-dealkylation sites (N-methyl/N-ethyl adjacent to an activating group) is 1. The van der Waals surface area contributed by atoms with Gasteiger partial charge in [0.15, 0.2) is 0 Å². The summed E-state index contributed by atoms with van der Waals surface area (Å²) in [6.45, 7) is 5.60. The van der Waals surface area contributed by atoms with Crippen LogP contribution in [0.5, 0.6) is 0 Å². The van der Waals surface area contributed by atoms with Crippen LogP contribution in [0.2, 0.25) is 0 Å². The highest BCUT2D eigenvalue weighted by Gasteiger charge is 2.55. The fourth-order valence-corrected chi connectivity index (χ4v) is 3.80.